The minimum Gasteiger partial charge on any atom is -0.342 e. The maximum absolute atomic E-state index is 3.91. The molecule has 0 aliphatic rings. The van der Waals surface area contributed by atoms with Crippen molar-refractivity contribution in [3.8, 4) is 0 Å². The summed E-state index contributed by atoms with van der Waals surface area (Å²) in [6, 6.07) is 0. The number of aromatic amines is 1. The average Bonchev–Trinajstić information content (AvgIpc) is 2.33. The smallest absolute Gasteiger partial charge is 0.180 e. The Morgan fingerprint density at radius 1 is 1.30 bits per heavy atom. The summed E-state index contributed by atoms with van der Waals surface area (Å²) in [6.45, 7) is 0. The molecule has 0 amide bonds. The summed E-state index contributed by atoms with van der Waals surface area (Å²) < 4.78 is 0. The van der Waals surface area contributed by atoms with Crippen molar-refractivity contribution in [2.75, 3.05) is 0 Å². The van der Waals surface area contributed by atoms with Crippen LogP contribution in [0.5, 0.6) is 0 Å². The Kier molecular flexibility index (Phi) is 2.41. The number of hydrogen-bond donors (Lipinski definition) is 1. The van der Waals surface area contributed by atoms with E-state index in [0.717, 1.165) is 5.52 Å². The van der Waals surface area contributed by atoms with Gasteiger partial charge in [0.15, 0.2) is 5.65 Å². The molecule has 2 aromatic rings. The van der Waals surface area contributed by atoms with E-state index in [9.17, 15) is 0 Å². The SMILES string of the molecule is [U].c1ncc2[nH]cnc2n1. The summed E-state index contributed by atoms with van der Waals surface area (Å²) in [6.07, 6.45) is 4.76. The first kappa shape index (κ1) is 7.71. The van der Waals surface area contributed by atoms with Gasteiger partial charge in [0.1, 0.15) is 11.8 Å². The van der Waals surface area contributed by atoms with Crippen molar-refractivity contribution in [2.24, 2.45) is 0 Å². The van der Waals surface area contributed by atoms with E-state index < -0.39 is 0 Å². The quantitative estimate of drug-likeness (QED) is 0.740. The molecule has 0 bridgehead atoms. The average molecular weight is 358 g/mol. The van der Waals surface area contributed by atoms with Crippen LogP contribution in [0.25, 0.3) is 11.2 Å². The monoisotopic (exact) mass is 358 g/mol. The molecule has 0 unspecified atom stereocenters. The van der Waals surface area contributed by atoms with Gasteiger partial charge in [-0.25, -0.2) is 15.0 Å². The molecule has 0 aromatic carbocycles. The van der Waals surface area contributed by atoms with Crippen molar-refractivity contribution in [1.29, 1.82) is 0 Å². The normalized spacial score (nSPS) is 9.20. The fourth-order valence-corrected chi connectivity index (χ4v) is 0.691. The second kappa shape index (κ2) is 3.13. The molecule has 2 aromatic heterocycles. The number of rotatable bonds is 0. The summed E-state index contributed by atoms with van der Waals surface area (Å²) in [5.74, 6) is 0. The van der Waals surface area contributed by atoms with Crippen LogP contribution in [0.1, 0.15) is 0 Å². The number of fused-ring (bicyclic) bond motifs is 1. The molecule has 1 N–H and O–H groups in total. The van der Waals surface area contributed by atoms with E-state index >= 15 is 0 Å². The van der Waals surface area contributed by atoms with Crippen LogP contribution in [0, 0.1) is 31.1 Å². The molecule has 48 valence electrons. The zero-order chi connectivity index (χ0) is 6.10. The largest absolute Gasteiger partial charge is 0.342 e. The van der Waals surface area contributed by atoms with E-state index in [0.29, 0.717) is 5.65 Å². The number of hydrogen-bond acceptors (Lipinski definition) is 3. The number of nitrogens with zero attached hydrogens (tertiary/aromatic N) is 3. The number of aromatic nitrogens is 4. The Balaban J connectivity index is 0.000000500. The molecule has 2 heterocycles. The molecule has 0 aliphatic carbocycles. The van der Waals surface area contributed by atoms with Gasteiger partial charge in [0.05, 0.1) is 12.5 Å². The van der Waals surface area contributed by atoms with Gasteiger partial charge >= 0.3 is 0 Å². The minimum atomic E-state index is 0. The van der Waals surface area contributed by atoms with E-state index in [2.05, 4.69) is 19.9 Å². The first-order chi connectivity index (χ1) is 4.47. The van der Waals surface area contributed by atoms with Gasteiger partial charge in [0.2, 0.25) is 0 Å². The predicted molar refractivity (Wildman–Crippen MR) is 31.7 cm³/mol. The van der Waals surface area contributed by atoms with Crippen LogP contribution in [-0.2, 0) is 0 Å². The van der Waals surface area contributed by atoms with Gasteiger partial charge in [-0.1, -0.05) is 0 Å². The van der Waals surface area contributed by atoms with Crippen LogP contribution in [0.3, 0.4) is 0 Å². The Labute approximate surface area is 80.9 Å². The molecule has 4 nitrogen and oxygen atoms in total. The van der Waals surface area contributed by atoms with Crippen molar-refractivity contribution in [3.05, 3.63) is 18.9 Å². The van der Waals surface area contributed by atoms with Crippen LogP contribution in [0.2, 0.25) is 0 Å². The number of H-pyrrole nitrogens is 1. The summed E-state index contributed by atoms with van der Waals surface area (Å²) in [5, 5.41) is 0. The molecule has 2 rings (SSSR count). The van der Waals surface area contributed by atoms with E-state index in [1.165, 1.54) is 6.33 Å². The Morgan fingerprint density at radius 2 is 2.20 bits per heavy atom. The Bertz CT molecular complexity index is 288. The second-order valence-corrected chi connectivity index (χ2v) is 1.66. The zero-order valence-corrected chi connectivity index (χ0v) is 9.24. The minimum absolute atomic E-state index is 0. The van der Waals surface area contributed by atoms with E-state index in [1.54, 1.807) is 12.5 Å². The zero-order valence-electron chi connectivity index (χ0n) is 5.07. The van der Waals surface area contributed by atoms with Gasteiger partial charge in [-0.3, -0.25) is 0 Å². The number of imidazole rings is 1. The van der Waals surface area contributed by atoms with Crippen molar-refractivity contribution < 1.29 is 31.1 Å². The van der Waals surface area contributed by atoms with E-state index in [4.69, 9.17) is 0 Å². The second-order valence-electron chi connectivity index (χ2n) is 1.66. The summed E-state index contributed by atoms with van der Waals surface area (Å²) in [5.41, 5.74) is 1.59. The summed E-state index contributed by atoms with van der Waals surface area (Å²) >= 11 is 0. The molecule has 0 saturated heterocycles. The molecule has 0 fully saturated rings. The standard InChI is InChI=1S/C5H4N4.U/c1-4-5(8-2-6-1)9-3-7-4;/h1-3H,(H,6,7,8,9);. The molecule has 0 saturated carbocycles. The third-order valence-electron chi connectivity index (χ3n) is 1.10. The Hall–Kier alpha value is -0.398. The molecular formula is C5H4N4U. The molecule has 0 aliphatic heterocycles. The van der Waals surface area contributed by atoms with E-state index in [-0.39, 0.29) is 31.1 Å². The summed E-state index contributed by atoms with van der Waals surface area (Å²) in [4.78, 5) is 14.5. The van der Waals surface area contributed by atoms with Crippen LogP contribution in [0.4, 0.5) is 0 Å². The number of nitrogens with one attached hydrogen (secondary N) is 1. The van der Waals surface area contributed by atoms with Crippen molar-refractivity contribution in [1.82, 2.24) is 19.9 Å². The van der Waals surface area contributed by atoms with Crippen LogP contribution < -0.4 is 0 Å². The molecule has 10 heavy (non-hydrogen) atoms. The van der Waals surface area contributed by atoms with Crippen molar-refractivity contribution >= 4 is 11.2 Å². The Morgan fingerprint density at radius 3 is 3.00 bits per heavy atom. The third-order valence-corrected chi connectivity index (χ3v) is 1.10. The van der Waals surface area contributed by atoms with Crippen LogP contribution in [-0.4, -0.2) is 19.9 Å². The third kappa shape index (κ3) is 1.20. The van der Waals surface area contributed by atoms with Gasteiger partial charge in [-0.05, 0) is 0 Å². The van der Waals surface area contributed by atoms with Crippen LogP contribution in [0.15, 0.2) is 18.9 Å². The van der Waals surface area contributed by atoms with Gasteiger partial charge < -0.3 is 4.98 Å². The molecule has 0 radical (unpaired) electrons. The topological polar surface area (TPSA) is 54.5 Å². The fraction of sp³-hybridized carbons (Fsp3) is 0. The molecule has 5 heteroatoms. The van der Waals surface area contributed by atoms with Gasteiger partial charge in [-0.15, -0.1) is 0 Å². The molecule has 0 spiro atoms. The van der Waals surface area contributed by atoms with E-state index in [1.807, 2.05) is 0 Å². The first-order valence-electron chi connectivity index (χ1n) is 2.56. The van der Waals surface area contributed by atoms with Crippen LogP contribution >= 0.6 is 0 Å². The van der Waals surface area contributed by atoms with Gasteiger partial charge in [0.25, 0.3) is 0 Å². The predicted octanol–water partition coefficient (Wildman–Crippen LogP) is 0.353. The van der Waals surface area contributed by atoms with Gasteiger partial charge in [0, 0.05) is 31.1 Å². The maximum Gasteiger partial charge on any atom is 0.180 e. The molecular weight excluding hydrogens is 354 g/mol. The fourth-order valence-electron chi connectivity index (χ4n) is 0.691. The summed E-state index contributed by atoms with van der Waals surface area (Å²) in [7, 11) is 0. The maximum atomic E-state index is 3.91. The molecule has 0 atom stereocenters. The first-order valence-corrected chi connectivity index (χ1v) is 2.56. The van der Waals surface area contributed by atoms with Crippen molar-refractivity contribution in [3.63, 3.8) is 0 Å². The van der Waals surface area contributed by atoms with Gasteiger partial charge in [-0.2, -0.15) is 0 Å². The van der Waals surface area contributed by atoms with Crippen molar-refractivity contribution in [2.45, 2.75) is 0 Å².